The van der Waals surface area contributed by atoms with Crippen molar-refractivity contribution in [1.82, 2.24) is 0 Å². The molecule has 29 heavy (non-hydrogen) atoms. The molecule has 4 rings (SSSR count). The van der Waals surface area contributed by atoms with Gasteiger partial charge in [0, 0.05) is 12.1 Å². The highest BCUT2D eigenvalue weighted by Crippen LogP contribution is 2.43. The average molecular weight is 406 g/mol. The zero-order valence-corrected chi connectivity index (χ0v) is 15.7. The number of nitro benzene ring substituents is 1. The van der Waals surface area contributed by atoms with Gasteiger partial charge in [-0.15, -0.1) is 0 Å². The Labute approximate surface area is 166 Å². The molecule has 7 nitrogen and oxygen atoms in total. The van der Waals surface area contributed by atoms with Gasteiger partial charge in [-0.2, -0.15) is 4.31 Å². The van der Waals surface area contributed by atoms with Crippen molar-refractivity contribution in [2.24, 2.45) is 0 Å². The maximum atomic E-state index is 13.4. The molecular formula is C21H14N2O5S. The van der Waals surface area contributed by atoms with Gasteiger partial charge in [0.2, 0.25) is 0 Å². The Balaban J connectivity index is 1.93. The third kappa shape index (κ3) is 3.09. The molecule has 0 spiro atoms. The summed E-state index contributed by atoms with van der Waals surface area (Å²) in [4.78, 5) is 23.5. The highest BCUT2D eigenvalue weighted by molar-refractivity contribution is 8.03. The van der Waals surface area contributed by atoms with Crippen LogP contribution in [0.25, 0.3) is 10.5 Å². The van der Waals surface area contributed by atoms with Gasteiger partial charge in [-0.1, -0.05) is 60.7 Å². The van der Waals surface area contributed by atoms with Crippen molar-refractivity contribution in [2.75, 3.05) is 4.31 Å². The summed E-state index contributed by atoms with van der Waals surface area (Å²) in [5, 5.41) is 10.9. The first-order valence-corrected chi connectivity index (χ1v) is 10.0. The van der Waals surface area contributed by atoms with Crippen LogP contribution >= 0.6 is 0 Å². The molecular weight excluding hydrogens is 392 g/mol. The normalized spacial score (nSPS) is 15.6. The minimum Gasteiger partial charge on any atom is -0.267 e. The van der Waals surface area contributed by atoms with E-state index in [1.165, 1.54) is 24.3 Å². The van der Waals surface area contributed by atoms with E-state index in [-0.39, 0.29) is 21.9 Å². The van der Waals surface area contributed by atoms with E-state index >= 15 is 0 Å². The van der Waals surface area contributed by atoms with Gasteiger partial charge in [0.15, 0.2) is 0 Å². The van der Waals surface area contributed by atoms with Gasteiger partial charge in [0.25, 0.3) is 21.6 Å². The summed E-state index contributed by atoms with van der Waals surface area (Å²) in [7, 11) is -4.22. The van der Waals surface area contributed by atoms with Crippen molar-refractivity contribution < 1.29 is 18.1 Å². The van der Waals surface area contributed by atoms with Crippen LogP contribution in [0, 0.1) is 10.1 Å². The smallest absolute Gasteiger partial charge is 0.267 e. The Hall–Kier alpha value is -3.78. The lowest BCUT2D eigenvalue weighted by molar-refractivity contribution is -0.384. The summed E-state index contributed by atoms with van der Waals surface area (Å²) in [5.41, 5.74) is 0.779. The maximum absolute atomic E-state index is 13.4. The fraction of sp³-hybridized carbons (Fsp3) is 0. The standard InChI is InChI=1S/C21H14N2O5S/c24-21-19(15-7-3-1-4-8-15)20(16-9-5-2-6-10-16)29(27,28)22(21)17-11-13-18(14-12-17)23(25)26/h1-14H. The average Bonchev–Trinajstić information content (AvgIpc) is 2.94. The summed E-state index contributed by atoms with van der Waals surface area (Å²) in [6.07, 6.45) is 0. The number of hydrogen-bond donors (Lipinski definition) is 0. The predicted octanol–water partition coefficient (Wildman–Crippen LogP) is 3.84. The fourth-order valence-electron chi connectivity index (χ4n) is 3.24. The van der Waals surface area contributed by atoms with Crippen LogP contribution in [0.15, 0.2) is 84.9 Å². The third-order valence-corrected chi connectivity index (χ3v) is 6.33. The molecule has 3 aromatic rings. The Morgan fingerprint density at radius 3 is 1.79 bits per heavy atom. The molecule has 0 N–H and O–H groups in total. The molecule has 0 saturated heterocycles. The Morgan fingerprint density at radius 2 is 1.28 bits per heavy atom. The first-order valence-electron chi connectivity index (χ1n) is 8.60. The van der Waals surface area contributed by atoms with E-state index in [4.69, 9.17) is 0 Å². The number of hydrogen-bond acceptors (Lipinski definition) is 5. The molecule has 0 atom stereocenters. The van der Waals surface area contributed by atoms with Crippen molar-refractivity contribution in [2.45, 2.75) is 0 Å². The minimum absolute atomic E-state index is 0.0416. The lowest BCUT2D eigenvalue weighted by atomic mass is 10.0. The van der Waals surface area contributed by atoms with Crippen molar-refractivity contribution in [3.8, 4) is 0 Å². The van der Waals surface area contributed by atoms with Crippen molar-refractivity contribution in [3.63, 3.8) is 0 Å². The third-order valence-electron chi connectivity index (χ3n) is 4.52. The number of rotatable bonds is 4. The number of non-ortho nitro benzene ring substituents is 1. The van der Waals surface area contributed by atoms with Crippen molar-refractivity contribution >= 4 is 37.8 Å². The number of sulfonamides is 1. The van der Waals surface area contributed by atoms with Gasteiger partial charge < -0.3 is 0 Å². The lowest BCUT2D eigenvalue weighted by Gasteiger charge is -2.16. The number of nitro groups is 1. The maximum Gasteiger partial charge on any atom is 0.274 e. The molecule has 0 fully saturated rings. The topological polar surface area (TPSA) is 97.6 Å². The summed E-state index contributed by atoms with van der Waals surface area (Å²) in [5.74, 6) is -0.705. The van der Waals surface area contributed by atoms with Crippen LogP contribution < -0.4 is 4.31 Å². The van der Waals surface area contributed by atoms with Gasteiger partial charge in [-0.25, -0.2) is 8.42 Å². The molecule has 1 amide bonds. The van der Waals surface area contributed by atoms with Gasteiger partial charge in [0.05, 0.1) is 16.2 Å². The Morgan fingerprint density at radius 1 is 0.759 bits per heavy atom. The van der Waals surface area contributed by atoms with Crippen molar-refractivity contribution in [1.29, 1.82) is 0 Å². The van der Waals surface area contributed by atoms with Gasteiger partial charge >= 0.3 is 0 Å². The van der Waals surface area contributed by atoms with Crippen LogP contribution in [-0.4, -0.2) is 19.2 Å². The zero-order chi connectivity index (χ0) is 20.6. The molecule has 0 aliphatic carbocycles. The molecule has 1 aliphatic heterocycles. The monoisotopic (exact) mass is 406 g/mol. The van der Waals surface area contributed by atoms with Crippen LogP contribution in [0.2, 0.25) is 0 Å². The molecule has 0 saturated carbocycles. The summed E-state index contributed by atoms with van der Waals surface area (Å²) >= 11 is 0. The number of nitrogens with zero attached hydrogens (tertiary/aromatic N) is 2. The van der Waals surface area contributed by atoms with E-state index in [0.717, 1.165) is 0 Å². The molecule has 1 aliphatic rings. The molecule has 3 aromatic carbocycles. The molecule has 0 bridgehead atoms. The number of carbonyl (C=O) groups is 1. The Kier molecular flexibility index (Phi) is 4.48. The molecule has 144 valence electrons. The number of amides is 1. The van der Waals surface area contributed by atoms with E-state index in [1.807, 2.05) is 0 Å². The quantitative estimate of drug-likeness (QED) is 0.484. The molecule has 0 unspecified atom stereocenters. The number of benzene rings is 3. The predicted molar refractivity (Wildman–Crippen MR) is 109 cm³/mol. The van der Waals surface area contributed by atoms with E-state index in [0.29, 0.717) is 15.4 Å². The van der Waals surface area contributed by atoms with E-state index in [1.54, 1.807) is 60.7 Å². The first kappa shape index (κ1) is 18.6. The van der Waals surface area contributed by atoms with Crippen LogP contribution in [0.5, 0.6) is 0 Å². The van der Waals surface area contributed by atoms with Gasteiger partial charge in [-0.3, -0.25) is 14.9 Å². The second kappa shape index (κ2) is 6.99. The number of carbonyl (C=O) groups excluding carboxylic acids is 1. The molecule has 1 heterocycles. The summed E-state index contributed by atoms with van der Waals surface area (Å²) in [6, 6.07) is 21.8. The van der Waals surface area contributed by atoms with Crippen LogP contribution in [-0.2, 0) is 14.8 Å². The summed E-state index contributed by atoms with van der Waals surface area (Å²) < 4.78 is 27.5. The summed E-state index contributed by atoms with van der Waals surface area (Å²) in [6.45, 7) is 0. The van der Waals surface area contributed by atoms with Gasteiger partial charge in [-0.05, 0) is 23.3 Å². The highest BCUT2D eigenvalue weighted by Gasteiger charge is 2.45. The van der Waals surface area contributed by atoms with Gasteiger partial charge in [0.1, 0.15) is 4.91 Å². The second-order valence-corrected chi connectivity index (χ2v) is 8.01. The van der Waals surface area contributed by atoms with Crippen molar-refractivity contribution in [3.05, 3.63) is 106 Å². The van der Waals surface area contributed by atoms with E-state index in [9.17, 15) is 23.3 Å². The fourth-order valence-corrected chi connectivity index (χ4v) is 5.02. The second-order valence-electron chi connectivity index (χ2n) is 6.28. The SMILES string of the molecule is O=C1C(c2ccccc2)=C(c2ccccc2)S(=O)(=O)N1c1ccc([N+](=O)[O-])cc1. The largest absolute Gasteiger partial charge is 0.274 e. The Bertz CT molecular complexity index is 1240. The molecule has 0 radical (unpaired) electrons. The highest BCUT2D eigenvalue weighted by atomic mass is 32.2. The van der Waals surface area contributed by atoms with E-state index < -0.39 is 20.9 Å². The molecule has 8 heteroatoms. The number of anilines is 1. The minimum atomic E-state index is -4.22. The van der Waals surface area contributed by atoms with Crippen LogP contribution in [0.4, 0.5) is 11.4 Å². The first-order chi connectivity index (χ1) is 13.9. The van der Waals surface area contributed by atoms with Crippen LogP contribution in [0.1, 0.15) is 11.1 Å². The van der Waals surface area contributed by atoms with Crippen LogP contribution in [0.3, 0.4) is 0 Å². The zero-order valence-electron chi connectivity index (χ0n) is 14.9. The lowest BCUT2D eigenvalue weighted by Crippen LogP contribution is -2.31. The molecule has 0 aromatic heterocycles. The van der Waals surface area contributed by atoms with E-state index in [2.05, 4.69) is 0 Å².